The molecule has 0 N–H and O–H groups in total. The molecule has 0 heterocycles. The van der Waals surface area contributed by atoms with Gasteiger partial charge in [0.1, 0.15) is 11.6 Å². The van der Waals surface area contributed by atoms with Crippen LogP contribution in [0.25, 0.3) is 0 Å². The third-order valence-corrected chi connectivity index (χ3v) is 4.09. The zero-order valence-electron chi connectivity index (χ0n) is 15.8. The van der Waals surface area contributed by atoms with Crippen molar-refractivity contribution in [1.82, 2.24) is 0 Å². The topological polar surface area (TPSA) is 24.7 Å². The third kappa shape index (κ3) is 5.09. The maximum absolute atomic E-state index is 14.1. The number of rotatable bonds is 4. The molecule has 7 heteroatoms. The van der Waals surface area contributed by atoms with Gasteiger partial charge < -0.3 is 0 Å². The fraction of sp³-hybridized carbons (Fsp3) is 0.130. The summed E-state index contributed by atoms with van der Waals surface area (Å²) in [6.07, 6.45) is 1.35. The predicted octanol–water partition coefficient (Wildman–Crippen LogP) is 7.15. The fourth-order valence-electron chi connectivity index (χ4n) is 2.64. The minimum absolute atomic E-state index is 0.187. The monoisotopic (exact) mass is 414 g/mol. The van der Waals surface area contributed by atoms with Crippen molar-refractivity contribution < 1.29 is 22.0 Å². The van der Waals surface area contributed by atoms with Crippen LogP contribution in [-0.2, 0) is 6.42 Å². The summed E-state index contributed by atoms with van der Waals surface area (Å²) in [5.74, 6) is -0.571. The van der Waals surface area contributed by atoms with Crippen LogP contribution in [-0.4, -0.2) is 0 Å². The lowest BCUT2D eigenvalue weighted by Gasteiger charge is -2.02. The summed E-state index contributed by atoms with van der Waals surface area (Å²) in [6.45, 7) is 1.92. The van der Waals surface area contributed by atoms with Gasteiger partial charge in [-0.15, -0.1) is 0 Å². The molecule has 0 saturated heterocycles. The Hall–Kier alpha value is -3.53. The van der Waals surface area contributed by atoms with E-state index in [0.717, 1.165) is 18.6 Å². The van der Waals surface area contributed by atoms with Crippen LogP contribution in [0.5, 0.6) is 0 Å². The average Bonchev–Trinajstić information content (AvgIpc) is 2.71. The maximum Gasteiger partial charge on any atom is 0.194 e. The molecule has 0 aliphatic rings. The molecular formula is C23H15F5N2. The lowest BCUT2D eigenvalue weighted by molar-refractivity contribution is 0.447. The van der Waals surface area contributed by atoms with E-state index >= 15 is 0 Å². The first-order valence-electron chi connectivity index (χ1n) is 9.03. The summed E-state index contributed by atoms with van der Waals surface area (Å²) in [6, 6.07) is 10.1. The number of halogens is 5. The van der Waals surface area contributed by atoms with E-state index in [1.807, 2.05) is 6.92 Å². The standard InChI is InChI=1S/C23H15F5N2/c1-2-3-15-10-19(24)18(20(25)11-15)9-6-14-4-7-16(8-5-14)29-30-17-12-21(26)23(28)22(27)13-17/h4-5,7-8,10-13H,2-3H2,1H3. The van der Waals surface area contributed by atoms with Gasteiger partial charge >= 0.3 is 0 Å². The number of hydrogen-bond donors (Lipinski definition) is 0. The highest BCUT2D eigenvalue weighted by molar-refractivity contribution is 5.49. The first kappa shape index (κ1) is 21.2. The quantitative estimate of drug-likeness (QED) is 0.187. The largest absolute Gasteiger partial charge is 0.206 e. The Labute approximate surface area is 170 Å². The summed E-state index contributed by atoms with van der Waals surface area (Å²) in [5.41, 5.74) is 0.900. The number of hydrogen-bond acceptors (Lipinski definition) is 2. The fourth-order valence-corrected chi connectivity index (χ4v) is 2.64. The van der Waals surface area contributed by atoms with E-state index < -0.39 is 29.1 Å². The SMILES string of the molecule is CCCc1cc(F)c(C#Cc2ccc(N=Nc3cc(F)c(F)c(F)c3)cc2)c(F)c1. The second kappa shape index (κ2) is 9.31. The number of azo groups is 1. The van der Waals surface area contributed by atoms with Crippen LogP contribution < -0.4 is 0 Å². The Balaban J connectivity index is 1.76. The first-order valence-corrected chi connectivity index (χ1v) is 9.03. The molecule has 0 bridgehead atoms. The van der Waals surface area contributed by atoms with Crippen LogP contribution in [0, 0.1) is 40.9 Å². The van der Waals surface area contributed by atoms with Gasteiger partial charge in [0.2, 0.25) is 0 Å². The van der Waals surface area contributed by atoms with Gasteiger partial charge in [-0.3, -0.25) is 0 Å². The molecule has 0 amide bonds. The van der Waals surface area contributed by atoms with Gasteiger partial charge in [0.25, 0.3) is 0 Å². The molecule has 0 aliphatic heterocycles. The van der Waals surface area contributed by atoms with Crippen molar-refractivity contribution >= 4 is 11.4 Å². The normalized spacial score (nSPS) is 10.9. The second-order valence-corrected chi connectivity index (χ2v) is 6.40. The summed E-state index contributed by atoms with van der Waals surface area (Å²) in [5, 5.41) is 7.46. The highest BCUT2D eigenvalue weighted by Gasteiger charge is 2.10. The lowest BCUT2D eigenvalue weighted by Crippen LogP contribution is -1.94. The van der Waals surface area contributed by atoms with E-state index in [1.54, 1.807) is 12.1 Å². The van der Waals surface area contributed by atoms with E-state index in [0.29, 0.717) is 23.2 Å². The highest BCUT2D eigenvalue weighted by atomic mass is 19.2. The molecule has 30 heavy (non-hydrogen) atoms. The number of benzene rings is 3. The van der Waals surface area contributed by atoms with E-state index in [9.17, 15) is 22.0 Å². The maximum atomic E-state index is 14.1. The molecule has 0 radical (unpaired) electrons. The van der Waals surface area contributed by atoms with E-state index in [-0.39, 0.29) is 11.3 Å². The smallest absolute Gasteiger partial charge is 0.194 e. The molecule has 3 rings (SSSR count). The van der Waals surface area contributed by atoms with Gasteiger partial charge in [0.15, 0.2) is 17.5 Å². The average molecular weight is 414 g/mol. The van der Waals surface area contributed by atoms with Crippen LogP contribution in [0.15, 0.2) is 58.8 Å². The van der Waals surface area contributed by atoms with Crippen LogP contribution >= 0.6 is 0 Å². The van der Waals surface area contributed by atoms with Crippen LogP contribution in [0.3, 0.4) is 0 Å². The van der Waals surface area contributed by atoms with Gasteiger partial charge in [-0.05, 0) is 48.4 Å². The van der Waals surface area contributed by atoms with Gasteiger partial charge in [-0.2, -0.15) is 10.2 Å². The molecule has 2 nitrogen and oxygen atoms in total. The Bertz CT molecular complexity index is 1110. The molecular weight excluding hydrogens is 399 g/mol. The van der Waals surface area contributed by atoms with E-state index in [1.165, 1.54) is 24.3 Å². The minimum Gasteiger partial charge on any atom is -0.206 e. The first-order chi connectivity index (χ1) is 14.4. The Morgan fingerprint density at radius 3 is 1.83 bits per heavy atom. The van der Waals surface area contributed by atoms with Crippen molar-refractivity contribution in [2.24, 2.45) is 10.2 Å². The van der Waals surface area contributed by atoms with Crippen molar-refractivity contribution in [3.8, 4) is 11.8 Å². The van der Waals surface area contributed by atoms with Crippen molar-refractivity contribution in [2.45, 2.75) is 19.8 Å². The van der Waals surface area contributed by atoms with Crippen molar-refractivity contribution in [1.29, 1.82) is 0 Å². The molecule has 0 aromatic heterocycles. The van der Waals surface area contributed by atoms with Crippen molar-refractivity contribution in [3.63, 3.8) is 0 Å². The molecule has 3 aromatic carbocycles. The molecule has 152 valence electrons. The van der Waals surface area contributed by atoms with Crippen molar-refractivity contribution in [3.05, 3.63) is 94.3 Å². The van der Waals surface area contributed by atoms with Crippen LogP contribution in [0.2, 0.25) is 0 Å². The summed E-state index contributed by atoms with van der Waals surface area (Å²) < 4.78 is 67.5. The Morgan fingerprint density at radius 1 is 0.700 bits per heavy atom. The molecule has 3 aromatic rings. The lowest BCUT2D eigenvalue weighted by atomic mass is 10.1. The molecule has 0 aliphatic carbocycles. The second-order valence-electron chi connectivity index (χ2n) is 6.40. The summed E-state index contributed by atoms with van der Waals surface area (Å²) >= 11 is 0. The molecule has 0 unspecified atom stereocenters. The van der Waals surface area contributed by atoms with Gasteiger partial charge in [-0.25, -0.2) is 22.0 Å². The molecule has 0 spiro atoms. The van der Waals surface area contributed by atoms with Gasteiger partial charge in [0.05, 0.1) is 16.9 Å². The highest BCUT2D eigenvalue weighted by Crippen LogP contribution is 2.23. The third-order valence-electron chi connectivity index (χ3n) is 4.09. The van der Waals surface area contributed by atoms with E-state index in [2.05, 4.69) is 22.1 Å². The Kier molecular flexibility index (Phi) is 6.58. The Morgan fingerprint density at radius 2 is 1.27 bits per heavy atom. The van der Waals surface area contributed by atoms with Gasteiger partial charge in [0, 0.05) is 17.7 Å². The number of nitrogens with zero attached hydrogens (tertiary/aromatic N) is 2. The zero-order valence-corrected chi connectivity index (χ0v) is 15.8. The minimum atomic E-state index is -1.58. The predicted molar refractivity (Wildman–Crippen MR) is 103 cm³/mol. The van der Waals surface area contributed by atoms with Crippen molar-refractivity contribution in [2.75, 3.05) is 0 Å². The molecule has 0 atom stereocenters. The summed E-state index contributed by atoms with van der Waals surface area (Å²) in [7, 11) is 0. The number of aryl methyl sites for hydroxylation is 1. The molecule has 0 saturated carbocycles. The summed E-state index contributed by atoms with van der Waals surface area (Å²) in [4.78, 5) is 0. The van der Waals surface area contributed by atoms with Crippen LogP contribution in [0.4, 0.5) is 33.3 Å². The molecule has 0 fully saturated rings. The van der Waals surface area contributed by atoms with Gasteiger partial charge in [-0.1, -0.05) is 25.2 Å². The zero-order chi connectivity index (χ0) is 21.7. The van der Waals surface area contributed by atoms with E-state index in [4.69, 9.17) is 0 Å². The van der Waals surface area contributed by atoms with Crippen LogP contribution in [0.1, 0.15) is 30.0 Å².